The van der Waals surface area contributed by atoms with Gasteiger partial charge in [0.25, 0.3) is 5.91 Å². The van der Waals surface area contributed by atoms with Crippen LogP contribution in [-0.2, 0) is 16.0 Å². The van der Waals surface area contributed by atoms with Gasteiger partial charge < -0.3 is 5.32 Å². The summed E-state index contributed by atoms with van der Waals surface area (Å²) < 4.78 is 42.5. The summed E-state index contributed by atoms with van der Waals surface area (Å²) in [6, 6.07) is 17.4. The van der Waals surface area contributed by atoms with Crippen molar-refractivity contribution in [2.75, 3.05) is 6.54 Å². The average Bonchev–Trinajstić information content (AvgIpc) is 3.54. The van der Waals surface area contributed by atoms with Crippen LogP contribution in [0.1, 0.15) is 24.0 Å². The van der Waals surface area contributed by atoms with E-state index in [9.17, 15) is 22.8 Å². The van der Waals surface area contributed by atoms with Crippen LogP contribution < -0.4 is 5.32 Å². The summed E-state index contributed by atoms with van der Waals surface area (Å²) in [6.45, 7) is 0.00764. The van der Waals surface area contributed by atoms with Crippen molar-refractivity contribution in [3.8, 4) is 0 Å². The maximum Gasteiger partial charge on any atom is 0.442 e. The molecule has 0 saturated heterocycles. The van der Waals surface area contributed by atoms with E-state index in [1.807, 2.05) is 35.6 Å². The molecule has 2 aromatic rings. The van der Waals surface area contributed by atoms with Crippen LogP contribution in [0.4, 0.5) is 13.2 Å². The maximum atomic E-state index is 14.2. The lowest BCUT2D eigenvalue weighted by Gasteiger charge is -2.29. The van der Waals surface area contributed by atoms with Gasteiger partial charge in [0, 0.05) is 18.0 Å². The molecule has 2 aromatic carbocycles. The van der Waals surface area contributed by atoms with E-state index >= 15 is 0 Å². The molecule has 156 valence electrons. The summed E-state index contributed by atoms with van der Waals surface area (Å²) in [5.41, 5.74) is -2.04. The number of rotatable bonds is 6. The number of alkyl halides is 3. The fraction of sp³-hybridized carbons (Fsp3) is 0.318. The van der Waals surface area contributed by atoms with Crippen molar-refractivity contribution in [2.45, 2.75) is 31.1 Å². The Balaban J connectivity index is 1.72. The molecule has 0 unspecified atom stereocenters. The Labute approximate surface area is 171 Å². The Morgan fingerprint density at radius 2 is 1.67 bits per heavy atom. The second kappa shape index (κ2) is 7.59. The molecule has 5 nitrogen and oxygen atoms in total. The standard InChI is InChI=1S/C22H20F3N3O2/c23-22(24,25)21(27-19(29)17-11-12-17)20(30)28(14-13-15-7-3-1-4-8-15)18(26-21)16-9-5-2-6-10-16/h1-10,17H,11-14H2,(H,27,29)/t21-/m1/s1. The van der Waals surface area contributed by atoms with Gasteiger partial charge in [0.15, 0.2) is 0 Å². The summed E-state index contributed by atoms with van der Waals surface area (Å²) in [6.07, 6.45) is -3.69. The highest BCUT2D eigenvalue weighted by Gasteiger charge is 2.67. The second-order valence-corrected chi connectivity index (χ2v) is 7.47. The molecule has 8 heteroatoms. The Bertz CT molecular complexity index is 972. The topological polar surface area (TPSA) is 61.8 Å². The zero-order chi connectivity index (χ0) is 21.4. The quantitative estimate of drug-likeness (QED) is 0.787. The van der Waals surface area contributed by atoms with Gasteiger partial charge in [0.2, 0.25) is 5.91 Å². The minimum atomic E-state index is -5.07. The summed E-state index contributed by atoms with van der Waals surface area (Å²) in [7, 11) is 0. The number of nitrogens with zero attached hydrogens (tertiary/aromatic N) is 2. The van der Waals surface area contributed by atoms with Gasteiger partial charge >= 0.3 is 11.8 Å². The molecule has 0 aromatic heterocycles. The van der Waals surface area contributed by atoms with Crippen LogP contribution >= 0.6 is 0 Å². The number of amidine groups is 1. The highest BCUT2D eigenvalue weighted by atomic mass is 19.4. The molecular formula is C22H20F3N3O2. The Morgan fingerprint density at radius 3 is 2.23 bits per heavy atom. The van der Waals surface area contributed by atoms with Gasteiger partial charge in [-0.15, -0.1) is 0 Å². The van der Waals surface area contributed by atoms with Gasteiger partial charge in [-0.1, -0.05) is 60.7 Å². The third kappa shape index (κ3) is 3.69. The van der Waals surface area contributed by atoms with Gasteiger partial charge in [-0.25, -0.2) is 4.99 Å². The first kappa shape index (κ1) is 20.1. The van der Waals surface area contributed by atoms with Gasteiger partial charge in [-0.3, -0.25) is 14.5 Å². The van der Waals surface area contributed by atoms with E-state index in [1.165, 1.54) is 0 Å². The van der Waals surface area contributed by atoms with E-state index in [4.69, 9.17) is 0 Å². The van der Waals surface area contributed by atoms with Gasteiger partial charge in [-0.05, 0) is 24.8 Å². The maximum absolute atomic E-state index is 14.2. The molecule has 30 heavy (non-hydrogen) atoms. The highest BCUT2D eigenvalue weighted by Crippen LogP contribution is 2.40. The van der Waals surface area contributed by atoms with Crippen molar-refractivity contribution >= 4 is 17.6 Å². The molecule has 1 aliphatic heterocycles. The molecule has 2 amide bonds. The fourth-order valence-corrected chi connectivity index (χ4v) is 3.42. The molecule has 0 radical (unpaired) electrons. The SMILES string of the molecule is O=C(N[C@]1(C(F)(F)F)N=C(c2ccccc2)N(CCc2ccccc2)C1=O)C1CC1. The molecule has 1 saturated carbocycles. The number of amides is 2. The first-order chi connectivity index (χ1) is 14.3. The second-order valence-electron chi connectivity index (χ2n) is 7.47. The normalized spacial score (nSPS) is 21.5. The molecular weight excluding hydrogens is 395 g/mol. The lowest BCUT2D eigenvalue weighted by atomic mass is 10.1. The molecule has 1 N–H and O–H groups in total. The molecule has 1 fully saturated rings. The summed E-state index contributed by atoms with van der Waals surface area (Å²) in [4.78, 5) is 30.2. The van der Waals surface area contributed by atoms with E-state index < -0.39 is 29.6 Å². The molecule has 4 rings (SSSR count). The number of benzene rings is 2. The van der Waals surface area contributed by atoms with Crippen LogP contribution in [0.3, 0.4) is 0 Å². The molecule has 2 aliphatic rings. The predicted molar refractivity (Wildman–Crippen MR) is 104 cm³/mol. The summed E-state index contributed by atoms with van der Waals surface area (Å²) >= 11 is 0. The van der Waals surface area contributed by atoms with Crippen LogP contribution in [0.5, 0.6) is 0 Å². The van der Waals surface area contributed by atoms with Crippen molar-refractivity contribution in [3.05, 3.63) is 71.8 Å². The monoisotopic (exact) mass is 415 g/mol. The third-order valence-corrected chi connectivity index (χ3v) is 5.25. The smallest absolute Gasteiger partial charge is 0.316 e. The average molecular weight is 415 g/mol. The molecule has 0 spiro atoms. The van der Waals surface area contributed by atoms with Crippen LogP contribution in [0.25, 0.3) is 0 Å². The summed E-state index contributed by atoms with van der Waals surface area (Å²) in [5.74, 6) is -2.66. The Morgan fingerprint density at radius 1 is 1.07 bits per heavy atom. The number of aliphatic imine (C=N–C) groups is 1. The number of nitrogens with one attached hydrogen (secondary N) is 1. The van der Waals surface area contributed by atoms with Crippen LogP contribution in [0.15, 0.2) is 65.7 Å². The lowest BCUT2D eigenvalue weighted by molar-refractivity contribution is -0.200. The van der Waals surface area contributed by atoms with Crippen molar-refractivity contribution < 1.29 is 22.8 Å². The number of halogens is 3. The third-order valence-electron chi connectivity index (χ3n) is 5.25. The van der Waals surface area contributed by atoms with Crippen LogP contribution in [0.2, 0.25) is 0 Å². The fourth-order valence-electron chi connectivity index (χ4n) is 3.42. The van der Waals surface area contributed by atoms with Gasteiger partial charge in [0.1, 0.15) is 5.84 Å². The minimum absolute atomic E-state index is 0.00764. The zero-order valence-electron chi connectivity index (χ0n) is 16.0. The predicted octanol–water partition coefficient (Wildman–Crippen LogP) is 3.30. The van der Waals surface area contributed by atoms with Crippen molar-refractivity contribution in [1.29, 1.82) is 0 Å². The molecule has 1 heterocycles. The molecule has 1 atom stereocenters. The zero-order valence-corrected chi connectivity index (χ0v) is 16.0. The van der Waals surface area contributed by atoms with Crippen molar-refractivity contribution in [3.63, 3.8) is 0 Å². The van der Waals surface area contributed by atoms with Crippen molar-refractivity contribution in [2.24, 2.45) is 10.9 Å². The number of hydrogen-bond acceptors (Lipinski definition) is 3. The van der Waals surface area contributed by atoms with Crippen LogP contribution in [0, 0.1) is 5.92 Å². The molecule has 1 aliphatic carbocycles. The van der Waals surface area contributed by atoms with Gasteiger partial charge in [-0.2, -0.15) is 13.2 Å². The van der Waals surface area contributed by atoms with Crippen molar-refractivity contribution in [1.82, 2.24) is 10.2 Å². The van der Waals surface area contributed by atoms with E-state index in [0.717, 1.165) is 10.5 Å². The number of carbonyl (C=O) groups excluding carboxylic acids is 2. The first-order valence-corrected chi connectivity index (χ1v) is 9.72. The Kier molecular flexibility index (Phi) is 5.09. The van der Waals surface area contributed by atoms with E-state index in [-0.39, 0.29) is 12.4 Å². The van der Waals surface area contributed by atoms with Crippen LogP contribution in [-0.4, -0.2) is 40.9 Å². The molecule has 0 bridgehead atoms. The summed E-state index contributed by atoms with van der Waals surface area (Å²) in [5, 5.41) is 1.93. The van der Waals surface area contributed by atoms with Gasteiger partial charge in [0.05, 0.1) is 0 Å². The Hall–Kier alpha value is -3.16. The van der Waals surface area contributed by atoms with E-state index in [2.05, 4.69) is 4.99 Å². The van der Waals surface area contributed by atoms with E-state index in [1.54, 1.807) is 30.3 Å². The highest BCUT2D eigenvalue weighted by molar-refractivity contribution is 6.16. The lowest BCUT2D eigenvalue weighted by Crippen LogP contribution is -2.63. The largest absolute Gasteiger partial charge is 0.442 e. The number of carbonyl (C=O) groups is 2. The first-order valence-electron chi connectivity index (χ1n) is 9.72. The number of hydrogen-bond donors (Lipinski definition) is 1. The van der Waals surface area contributed by atoms with E-state index in [0.29, 0.717) is 24.8 Å². The minimum Gasteiger partial charge on any atom is -0.316 e.